The highest BCUT2D eigenvalue weighted by molar-refractivity contribution is 5.85. The zero-order valence-corrected chi connectivity index (χ0v) is 13.9. The number of imidazole rings is 1. The van der Waals surface area contributed by atoms with Gasteiger partial charge in [0, 0.05) is 18.0 Å². The molecule has 0 spiro atoms. The third-order valence-corrected chi connectivity index (χ3v) is 3.77. The highest BCUT2D eigenvalue weighted by atomic mass is 16.5. The van der Waals surface area contributed by atoms with E-state index in [1.165, 1.54) is 7.11 Å². The molecule has 6 heteroatoms. The summed E-state index contributed by atoms with van der Waals surface area (Å²) in [6, 6.07) is 9.47. The SMILES string of the molecule is COC(=O)Nc1cccc(C)c1COc1cccn2cc(C)nc12. The van der Waals surface area contributed by atoms with Gasteiger partial charge < -0.3 is 13.9 Å². The average Bonchev–Trinajstić information content (AvgIpc) is 2.95. The van der Waals surface area contributed by atoms with Crippen LogP contribution < -0.4 is 10.1 Å². The normalized spacial score (nSPS) is 10.6. The third kappa shape index (κ3) is 3.17. The minimum atomic E-state index is -0.507. The van der Waals surface area contributed by atoms with Crippen LogP contribution in [0.25, 0.3) is 5.65 Å². The first-order chi connectivity index (χ1) is 11.6. The molecule has 2 heterocycles. The van der Waals surface area contributed by atoms with Gasteiger partial charge in [-0.05, 0) is 37.6 Å². The van der Waals surface area contributed by atoms with Gasteiger partial charge in [-0.1, -0.05) is 12.1 Å². The van der Waals surface area contributed by atoms with Gasteiger partial charge in [0.2, 0.25) is 0 Å². The van der Waals surface area contributed by atoms with E-state index in [2.05, 4.69) is 15.0 Å². The quantitative estimate of drug-likeness (QED) is 0.794. The Morgan fingerprint density at radius 1 is 1.25 bits per heavy atom. The van der Waals surface area contributed by atoms with E-state index in [0.29, 0.717) is 18.0 Å². The summed E-state index contributed by atoms with van der Waals surface area (Å²) in [7, 11) is 1.34. The lowest BCUT2D eigenvalue weighted by Crippen LogP contribution is -2.14. The summed E-state index contributed by atoms with van der Waals surface area (Å²) in [5.74, 6) is 0.692. The monoisotopic (exact) mass is 325 g/mol. The van der Waals surface area contributed by atoms with Crippen LogP contribution in [0.3, 0.4) is 0 Å². The number of nitrogens with one attached hydrogen (secondary N) is 1. The molecule has 0 fully saturated rings. The first-order valence-corrected chi connectivity index (χ1v) is 7.59. The summed E-state index contributed by atoms with van der Waals surface area (Å²) >= 11 is 0. The zero-order chi connectivity index (χ0) is 17.1. The Balaban J connectivity index is 1.87. The lowest BCUT2D eigenvalue weighted by Gasteiger charge is -2.14. The molecule has 1 amide bonds. The second-order valence-electron chi connectivity index (χ2n) is 5.49. The number of methoxy groups -OCH3 is 1. The van der Waals surface area contributed by atoms with Crippen molar-refractivity contribution in [3.05, 3.63) is 59.5 Å². The van der Waals surface area contributed by atoms with Gasteiger partial charge in [-0.15, -0.1) is 0 Å². The van der Waals surface area contributed by atoms with E-state index in [9.17, 15) is 4.79 Å². The lowest BCUT2D eigenvalue weighted by atomic mass is 10.1. The predicted molar refractivity (Wildman–Crippen MR) is 91.5 cm³/mol. The molecule has 0 bridgehead atoms. The number of carbonyl (C=O) groups excluding carboxylic acids is 1. The van der Waals surface area contributed by atoms with Crippen molar-refractivity contribution in [3.63, 3.8) is 0 Å². The summed E-state index contributed by atoms with van der Waals surface area (Å²) in [4.78, 5) is 16.0. The van der Waals surface area contributed by atoms with Crippen LogP contribution in [-0.4, -0.2) is 22.6 Å². The molecule has 1 N–H and O–H groups in total. The lowest BCUT2D eigenvalue weighted by molar-refractivity contribution is 0.187. The summed E-state index contributed by atoms with van der Waals surface area (Å²) in [5.41, 5.74) is 4.29. The number of amides is 1. The van der Waals surface area contributed by atoms with E-state index < -0.39 is 6.09 Å². The second kappa shape index (κ2) is 6.62. The zero-order valence-electron chi connectivity index (χ0n) is 13.9. The molecule has 1 aromatic carbocycles. The fourth-order valence-electron chi connectivity index (χ4n) is 2.54. The maximum atomic E-state index is 11.5. The van der Waals surface area contributed by atoms with Crippen LogP contribution >= 0.6 is 0 Å². The van der Waals surface area contributed by atoms with E-state index in [4.69, 9.17) is 4.74 Å². The van der Waals surface area contributed by atoms with Gasteiger partial charge in [0.25, 0.3) is 0 Å². The highest BCUT2D eigenvalue weighted by Crippen LogP contribution is 2.24. The maximum absolute atomic E-state index is 11.5. The molecule has 0 unspecified atom stereocenters. The van der Waals surface area contributed by atoms with Crippen LogP contribution in [0.2, 0.25) is 0 Å². The number of hydrogen-bond donors (Lipinski definition) is 1. The van der Waals surface area contributed by atoms with Gasteiger partial charge >= 0.3 is 6.09 Å². The van der Waals surface area contributed by atoms with E-state index >= 15 is 0 Å². The molecule has 0 saturated heterocycles. The number of nitrogens with zero attached hydrogens (tertiary/aromatic N) is 2. The van der Waals surface area contributed by atoms with Crippen LogP contribution in [0, 0.1) is 13.8 Å². The second-order valence-corrected chi connectivity index (χ2v) is 5.49. The molecule has 3 rings (SSSR count). The minimum Gasteiger partial charge on any atom is -0.485 e. The number of hydrogen-bond acceptors (Lipinski definition) is 4. The number of rotatable bonds is 4. The Morgan fingerprint density at radius 3 is 2.88 bits per heavy atom. The first kappa shape index (κ1) is 15.9. The summed E-state index contributed by atoms with van der Waals surface area (Å²) in [5, 5.41) is 2.72. The Bertz CT molecular complexity index is 886. The summed E-state index contributed by atoms with van der Waals surface area (Å²) in [6.07, 6.45) is 3.37. The number of anilines is 1. The number of benzene rings is 1. The van der Waals surface area contributed by atoms with Crippen molar-refractivity contribution in [2.45, 2.75) is 20.5 Å². The van der Waals surface area contributed by atoms with E-state index in [1.807, 2.05) is 61.0 Å². The fraction of sp³-hybridized carbons (Fsp3) is 0.222. The van der Waals surface area contributed by atoms with Gasteiger partial charge in [-0.25, -0.2) is 9.78 Å². The first-order valence-electron chi connectivity index (χ1n) is 7.59. The molecule has 0 radical (unpaired) electrons. The van der Waals surface area contributed by atoms with Gasteiger partial charge in [0.1, 0.15) is 6.61 Å². The van der Waals surface area contributed by atoms with Crippen molar-refractivity contribution in [1.29, 1.82) is 0 Å². The Hall–Kier alpha value is -3.02. The Labute approximate surface area is 140 Å². The molecule has 0 saturated carbocycles. The molecule has 2 aromatic heterocycles. The molecule has 6 nitrogen and oxygen atoms in total. The van der Waals surface area contributed by atoms with Crippen molar-refractivity contribution in [1.82, 2.24) is 9.38 Å². The van der Waals surface area contributed by atoms with Gasteiger partial charge in [-0.3, -0.25) is 5.32 Å². The molecular weight excluding hydrogens is 306 g/mol. The Kier molecular flexibility index (Phi) is 4.37. The van der Waals surface area contributed by atoms with Crippen LogP contribution in [-0.2, 0) is 11.3 Å². The minimum absolute atomic E-state index is 0.317. The van der Waals surface area contributed by atoms with Gasteiger partial charge in [-0.2, -0.15) is 0 Å². The van der Waals surface area contributed by atoms with Crippen LogP contribution in [0.15, 0.2) is 42.7 Å². The van der Waals surface area contributed by atoms with Crippen molar-refractivity contribution in [2.75, 3.05) is 12.4 Å². The number of ether oxygens (including phenoxy) is 2. The van der Waals surface area contributed by atoms with Crippen molar-refractivity contribution in [2.24, 2.45) is 0 Å². The van der Waals surface area contributed by atoms with Gasteiger partial charge in [0.15, 0.2) is 11.4 Å². The molecule has 0 aliphatic heterocycles. The molecule has 0 atom stereocenters. The van der Waals surface area contributed by atoms with Crippen molar-refractivity contribution in [3.8, 4) is 5.75 Å². The molecule has 124 valence electrons. The van der Waals surface area contributed by atoms with Crippen molar-refractivity contribution < 1.29 is 14.3 Å². The van der Waals surface area contributed by atoms with Crippen LogP contribution in [0.4, 0.5) is 10.5 Å². The smallest absolute Gasteiger partial charge is 0.411 e. The number of fused-ring (bicyclic) bond motifs is 1. The molecule has 0 aliphatic rings. The molecule has 0 aliphatic carbocycles. The molecule has 24 heavy (non-hydrogen) atoms. The molecular formula is C18H19N3O3. The largest absolute Gasteiger partial charge is 0.485 e. The maximum Gasteiger partial charge on any atom is 0.411 e. The van der Waals surface area contributed by atoms with Crippen LogP contribution in [0.5, 0.6) is 5.75 Å². The number of carbonyl (C=O) groups is 1. The standard InChI is InChI=1S/C18H19N3O3/c1-12-6-4-7-15(20-18(22)23-3)14(12)11-24-16-8-5-9-21-10-13(2)19-17(16)21/h4-10H,11H2,1-3H3,(H,20,22). The molecule has 3 aromatic rings. The topological polar surface area (TPSA) is 64.9 Å². The summed E-state index contributed by atoms with van der Waals surface area (Å²) < 4.78 is 12.6. The average molecular weight is 325 g/mol. The fourth-order valence-corrected chi connectivity index (χ4v) is 2.54. The van der Waals surface area contributed by atoms with E-state index in [-0.39, 0.29) is 0 Å². The summed E-state index contributed by atoms with van der Waals surface area (Å²) in [6.45, 7) is 4.23. The van der Waals surface area contributed by atoms with Crippen molar-refractivity contribution >= 4 is 17.4 Å². The number of aromatic nitrogens is 2. The number of aryl methyl sites for hydroxylation is 2. The predicted octanol–water partition coefficient (Wildman–Crippen LogP) is 3.71. The highest BCUT2D eigenvalue weighted by Gasteiger charge is 2.11. The van der Waals surface area contributed by atoms with Gasteiger partial charge in [0.05, 0.1) is 18.5 Å². The number of pyridine rings is 1. The van der Waals surface area contributed by atoms with Crippen LogP contribution in [0.1, 0.15) is 16.8 Å². The third-order valence-electron chi connectivity index (χ3n) is 3.77. The van der Waals surface area contributed by atoms with E-state index in [0.717, 1.165) is 22.5 Å². The Morgan fingerprint density at radius 2 is 2.08 bits per heavy atom. The van der Waals surface area contributed by atoms with E-state index in [1.54, 1.807) is 0 Å².